The zero-order valence-corrected chi connectivity index (χ0v) is 16.8. The molecular weight excluding hydrogens is 397 g/mol. The normalized spacial score (nSPS) is 10.8. The van der Waals surface area contributed by atoms with Crippen molar-refractivity contribution in [3.63, 3.8) is 0 Å². The number of hydrogen-bond acceptors (Lipinski definition) is 4. The molecule has 0 amide bonds. The molecule has 3 rings (SSSR count). The van der Waals surface area contributed by atoms with E-state index in [-0.39, 0.29) is 18.9 Å². The zero-order chi connectivity index (χ0) is 21.1. The number of hydrogen-bond donors (Lipinski definition) is 0. The highest BCUT2D eigenvalue weighted by molar-refractivity contribution is 6.37. The summed E-state index contributed by atoms with van der Waals surface area (Å²) >= 11 is 6.52. The van der Waals surface area contributed by atoms with E-state index in [1.165, 1.54) is 42.0 Å². The summed E-state index contributed by atoms with van der Waals surface area (Å²) in [6, 6.07) is 8.61. The van der Waals surface area contributed by atoms with Gasteiger partial charge in [0.05, 0.1) is 24.1 Å². The third-order valence-electron chi connectivity index (χ3n) is 4.60. The van der Waals surface area contributed by atoms with Gasteiger partial charge in [-0.25, -0.2) is 4.39 Å². The van der Waals surface area contributed by atoms with Gasteiger partial charge >= 0.3 is 5.97 Å². The summed E-state index contributed by atoms with van der Waals surface area (Å²) < 4.78 is 25.1. The van der Waals surface area contributed by atoms with Crippen LogP contribution in [0.25, 0.3) is 10.9 Å². The van der Waals surface area contributed by atoms with Crippen molar-refractivity contribution in [3.8, 4) is 5.75 Å². The van der Waals surface area contributed by atoms with Crippen LogP contribution >= 0.6 is 11.6 Å². The monoisotopic (exact) mass is 415 g/mol. The second-order valence-electron chi connectivity index (χ2n) is 6.34. The molecule has 7 heteroatoms. The van der Waals surface area contributed by atoms with Gasteiger partial charge in [0.25, 0.3) is 5.91 Å². The Bertz CT molecular complexity index is 1100. The standard InChI is InChI=1S/C22H19ClFNO4/c1-4-11-29-19(26)12-16-13(2)25(22(27)14-5-7-15(24)8-6-14)17-9-10-18(28-3)21(23)20(16)17/h4-10H,1,11-12H2,2-3H3. The van der Waals surface area contributed by atoms with Crippen molar-refractivity contribution in [1.82, 2.24) is 4.57 Å². The summed E-state index contributed by atoms with van der Waals surface area (Å²) in [5.74, 6) is -0.847. The second-order valence-corrected chi connectivity index (χ2v) is 6.71. The lowest BCUT2D eigenvalue weighted by Crippen LogP contribution is -2.14. The molecule has 1 aromatic heterocycles. The number of ether oxygens (including phenoxy) is 2. The van der Waals surface area contributed by atoms with Crippen LogP contribution in [-0.4, -0.2) is 30.2 Å². The molecule has 0 aliphatic carbocycles. The van der Waals surface area contributed by atoms with Gasteiger partial charge in [-0.15, -0.1) is 0 Å². The molecule has 0 aliphatic heterocycles. The van der Waals surface area contributed by atoms with Crippen LogP contribution in [0.3, 0.4) is 0 Å². The van der Waals surface area contributed by atoms with E-state index in [9.17, 15) is 14.0 Å². The first kappa shape index (κ1) is 20.6. The van der Waals surface area contributed by atoms with E-state index in [0.717, 1.165) is 0 Å². The summed E-state index contributed by atoms with van der Waals surface area (Å²) in [6.07, 6.45) is 1.40. The first-order chi connectivity index (χ1) is 13.9. The van der Waals surface area contributed by atoms with Gasteiger partial charge in [0, 0.05) is 16.6 Å². The molecule has 0 atom stereocenters. The van der Waals surface area contributed by atoms with Crippen LogP contribution in [0, 0.1) is 12.7 Å². The Labute approximate surface area is 172 Å². The molecule has 0 fully saturated rings. The fourth-order valence-electron chi connectivity index (χ4n) is 3.22. The highest BCUT2D eigenvalue weighted by Gasteiger charge is 2.25. The Kier molecular flexibility index (Phi) is 6.03. The van der Waals surface area contributed by atoms with Gasteiger partial charge in [-0.3, -0.25) is 14.2 Å². The van der Waals surface area contributed by atoms with Crippen molar-refractivity contribution in [2.75, 3.05) is 13.7 Å². The minimum absolute atomic E-state index is 0.0766. The van der Waals surface area contributed by atoms with Gasteiger partial charge in [-0.2, -0.15) is 0 Å². The summed E-state index contributed by atoms with van der Waals surface area (Å²) in [6.45, 7) is 5.33. The van der Waals surface area contributed by atoms with Crippen LogP contribution in [0.5, 0.6) is 5.75 Å². The molecule has 1 heterocycles. The first-order valence-corrected chi connectivity index (χ1v) is 9.20. The maximum absolute atomic E-state index is 13.3. The highest BCUT2D eigenvalue weighted by Crippen LogP contribution is 2.38. The van der Waals surface area contributed by atoms with Gasteiger partial charge in [0.1, 0.15) is 18.2 Å². The van der Waals surface area contributed by atoms with Crippen LogP contribution in [0.2, 0.25) is 5.02 Å². The van der Waals surface area contributed by atoms with E-state index in [0.29, 0.717) is 38.5 Å². The lowest BCUT2D eigenvalue weighted by Gasteiger charge is -2.08. The lowest BCUT2D eigenvalue weighted by molar-refractivity contribution is -0.141. The third kappa shape index (κ3) is 3.89. The highest BCUT2D eigenvalue weighted by atomic mass is 35.5. The molecule has 2 aromatic carbocycles. The molecule has 0 radical (unpaired) electrons. The number of carbonyl (C=O) groups is 2. The number of aromatic nitrogens is 1. The van der Waals surface area contributed by atoms with Crippen molar-refractivity contribution in [3.05, 3.63) is 76.7 Å². The smallest absolute Gasteiger partial charge is 0.310 e. The zero-order valence-electron chi connectivity index (χ0n) is 16.0. The topological polar surface area (TPSA) is 57.5 Å². The number of rotatable bonds is 6. The number of halogens is 2. The number of esters is 1. The summed E-state index contributed by atoms with van der Waals surface area (Å²) in [5, 5.41) is 0.833. The Balaban J connectivity index is 2.20. The molecule has 0 saturated heterocycles. The Morgan fingerprint density at radius 1 is 1.21 bits per heavy atom. The average Bonchev–Trinajstić information content (AvgIpc) is 2.99. The summed E-state index contributed by atoms with van der Waals surface area (Å²) in [4.78, 5) is 25.4. The number of methoxy groups -OCH3 is 1. The van der Waals surface area contributed by atoms with Gasteiger partial charge in [0.15, 0.2) is 0 Å². The predicted molar refractivity (Wildman–Crippen MR) is 109 cm³/mol. The average molecular weight is 416 g/mol. The van der Waals surface area contributed by atoms with E-state index >= 15 is 0 Å². The third-order valence-corrected chi connectivity index (χ3v) is 4.97. The number of benzene rings is 2. The maximum Gasteiger partial charge on any atom is 0.310 e. The SMILES string of the molecule is C=CCOC(=O)Cc1c(C)n(C(=O)c2ccc(F)cc2)c2ccc(OC)c(Cl)c12. The Hall–Kier alpha value is -3.12. The Morgan fingerprint density at radius 3 is 2.52 bits per heavy atom. The number of nitrogens with zero attached hydrogens (tertiary/aromatic N) is 1. The van der Waals surface area contributed by atoms with Crippen molar-refractivity contribution in [1.29, 1.82) is 0 Å². The summed E-state index contributed by atoms with van der Waals surface area (Å²) in [5.41, 5.74) is 1.93. The minimum Gasteiger partial charge on any atom is -0.495 e. The molecule has 0 aliphatic rings. The van der Waals surface area contributed by atoms with Gasteiger partial charge in [-0.1, -0.05) is 24.3 Å². The van der Waals surface area contributed by atoms with E-state index in [1.807, 2.05) is 0 Å². The largest absolute Gasteiger partial charge is 0.495 e. The molecule has 0 spiro atoms. The maximum atomic E-state index is 13.3. The van der Waals surface area contributed by atoms with E-state index in [4.69, 9.17) is 21.1 Å². The second kappa shape index (κ2) is 8.49. The number of carbonyl (C=O) groups excluding carboxylic acids is 2. The van der Waals surface area contributed by atoms with Crippen LogP contribution in [0.1, 0.15) is 21.6 Å². The van der Waals surface area contributed by atoms with Crippen molar-refractivity contribution >= 4 is 34.4 Å². The number of fused-ring (bicyclic) bond motifs is 1. The molecule has 0 saturated carbocycles. The summed E-state index contributed by atoms with van der Waals surface area (Å²) in [7, 11) is 1.48. The van der Waals surface area contributed by atoms with Crippen molar-refractivity contribution in [2.45, 2.75) is 13.3 Å². The molecule has 150 valence electrons. The minimum atomic E-state index is -0.472. The van der Waals surface area contributed by atoms with Gasteiger partial charge in [0.2, 0.25) is 0 Å². The first-order valence-electron chi connectivity index (χ1n) is 8.82. The molecule has 3 aromatic rings. The molecule has 0 bridgehead atoms. The molecule has 29 heavy (non-hydrogen) atoms. The molecular formula is C22H19ClFNO4. The van der Waals surface area contributed by atoms with Crippen LogP contribution in [0.4, 0.5) is 4.39 Å². The Morgan fingerprint density at radius 2 is 1.90 bits per heavy atom. The lowest BCUT2D eigenvalue weighted by atomic mass is 10.1. The quantitative estimate of drug-likeness (QED) is 0.432. The van der Waals surface area contributed by atoms with Crippen LogP contribution in [0.15, 0.2) is 49.1 Å². The molecule has 0 N–H and O–H groups in total. The molecule has 5 nitrogen and oxygen atoms in total. The van der Waals surface area contributed by atoms with Crippen LogP contribution in [-0.2, 0) is 16.0 Å². The van der Waals surface area contributed by atoms with E-state index in [1.54, 1.807) is 19.1 Å². The fraction of sp³-hybridized carbons (Fsp3) is 0.182. The van der Waals surface area contributed by atoms with Crippen molar-refractivity contribution in [2.24, 2.45) is 0 Å². The van der Waals surface area contributed by atoms with Gasteiger partial charge < -0.3 is 9.47 Å². The molecule has 0 unspecified atom stereocenters. The predicted octanol–water partition coefficient (Wildman–Crippen LogP) is 4.71. The van der Waals surface area contributed by atoms with E-state index < -0.39 is 11.8 Å². The van der Waals surface area contributed by atoms with Crippen molar-refractivity contribution < 1.29 is 23.5 Å². The van der Waals surface area contributed by atoms with Gasteiger partial charge in [-0.05, 0) is 48.9 Å². The van der Waals surface area contributed by atoms with E-state index in [2.05, 4.69) is 6.58 Å². The van der Waals surface area contributed by atoms with Crippen LogP contribution < -0.4 is 4.74 Å². The fourth-order valence-corrected chi connectivity index (χ4v) is 3.57.